The molecule has 3 aromatic carbocycles. The molecular formula is C28H27Cl2N3O4. The Morgan fingerprint density at radius 3 is 2.57 bits per heavy atom. The molecule has 37 heavy (non-hydrogen) atoms. The molecule has 192 valence electrons. The average Bonchev–Trinajstić information content (AvgIpc) is 3.03. The lowest BCUT2D eigenvalue weighted by molar-refractivity contribution is -0.118. The highest BCUT2D eigenvalue weighted by Crippen LogP contribution is 2.39. The number of fused-ring (bicyclic) bond motifs is 1. The van der Waals surface area contributed by atoms with Crippen LogP contribution in [-0.4, -0.2) is 30.9 Å². The van der Waals surface area contributed by atoms with Crippen LogP contribution in [0.15, 0.2) is 60.7 Å². The van der Waals surface area contributed by atoms with Crippen LogP contribution in [-0.2, 0) is 4.79 Å². The highest BCUT2D eigenvalue weighted by molar-refractivity contribution is 6.34. The molecule has 3 aromatic rings. The number of carbonyl (C=O) groups is 3. The molecule has 4 rings (SSSR count). The van der Waals surface area contributed by atoms with Gasteiger partial charge in [-0.05, 0) is 73.7 Å². The zero-order chi connectivity index (χ0) is 26.5. The number of halogens is 2. The van der Waals surface area contributed by atoms with Crippen molar-refractivity contribution in [2.24, 2.45) is 5.73 Å². The number of hydrogen-bond acceptors (Lipinski definition) is 4. The summed E-state index contributed by atoms with van der Waals surface area (Å²) in [5.74, 6) is -0.805. The lowest BCUT2D eigenvalue weighted by Gasteiger charge is -2.25. The molecule has 0 saturated carbocycles. The summed E-state index contributed by atoms with van der Waals surface area (Å²) in [4.78, 5) is 40.0. The van der Waals surface area contributed by atoms with E-state index in [2.05, 4.69) is 5.32 Å². The number of rotatable bonds is 7. The van der Waals surface area contributed by atoms with E-state index >= 15 is 0 Å². The van der Waals surface area contributed by atoms with Gasteiger partial charge in [0.25, 0.3) is 11.8 Å². The fraction of sp³-hybridized carbons (Fsp3) is 0.250. The molecule has 3 N–H and O–H groups in total. The second-order valence-corrected chi connectivity index (χ2v) is 9.59. The maximum absolute atomic E-state index is 13.8. The Balaban J connectivity index is 1.66. The fourth-order valence-corrected chi connectivity index (χ4v) is 4.98. The summed E-state index contributed by atoms with van der Waals surface area (Å²) >= 11 is 12.4. The predicted octanol–water partition coefficient (Wildman–Crippen LogP) is 6.04. The third kappa shape index (κ3) is 6.06. The van der Waals surface area contributed by atoms with Crippen molar-refractivity contribution in [1.29, 1.82) is 0 Å². The molecule has 0 aliphatic carbocycles. The number of primary amides is 1. The Kier molecular flexibility index (Phi) is 8.36. The molecule has 0 fully saturated rings. The van der Waals surface area contributed by atoms with Crippen molar-refractivity contribution in [3.05, 3.63) is 87.4 Å². The lowest BCUT2D eigenvalue weighted by Crippen LogP contribution is -2.32. The van der Waals surface area contributed by atoms with Crippen LogP contribution in [0, 0.1) is 0 Å². The lowest BCUT2D eigenvalue weighted by atomic mass is 9.91. The van der Waals surface area contributed by atoms with Gasteiger partial charge in [-0.15, -0.1) is 0 Å². The van der Waals surface area contributed by atoms with Crippen LogP contribution in [0.5, 0.6) is 5.75 Å². The van der Waals surface area contributed by atoms with E-state index in [-0.39, 0.29) is 24.2 Å². The number of nitrogens with two attached hydrogens (primary N) is 1. The van der Waals surface area contributed by atoms with Crippen LogP contribution in [0.4, 0.5) is 11.4 Å². The van der Waals surface area contributed by atoms with Gasteiger partial charge in [-0.25, -0.2) is 0 Å². The second kappa shape index (κ2) is 11.7. The van der Waals surface area contributed by atoms with Crippen LogP contribution < -0.4 is 20.7 Å². The van der Waals surface area contributed by atoms with Crippen LogP contribution in [0.3, 0.4) is 0 Å². The van der Waals surface area contributed by atoms with Crippen molar-refractivity contribution >= 4 is 52.3 Å². The van der Waals surface area contributed by atoms with Gasteiger partial charge in [0.15, 0.2) is 0 Å². The Labute approximate surface area is 225 Å². The Morgan fingerprint density at radius 1 is 1.05 bits per heavy atom. The van der Waals surface area contributed by atoms with Gasteiger partial charge in [0.2, 0.25) is 5.91 Å². The number of ether oxygens (including phenoxy) is 1. The maximum Gasteiger partial charge on any atom is 0.262 e. The summed E-state index contributed by atoms with van der Waals surface area (Å²) < 4.78 is 5.81. The van der Waals surface area contributed by atoms with E-state index in [0.29, 0.717) is 64.3 Å². The zero-order valence-corrected chi connectivity index (χ0v) is 21.8. The third-order valence-corrected chi connectivity index (χ3v) is 6.80. The van der Waals surface area contributed by atoms with Crippen LogP contribution >= 0.6 is 23.2 Å². The molecular weight excluding hydrogens is 513 g/mol. The van der Waals surface area contributed by atoms with Crippen molar-refractivity contribution in [2.75, 3.05) is 23.4 Å². The van der Waals surface area contributed by atoms with Crippen LogP contribution in [0.1, 0.15) is 58.4 Å². The first-order valence-electron chi connectivity index (χ1n) is 12.0. The predicted molar refractivity (Wildman–Crippen MR) is 146 cm³/mol. The highest BCUT2D eigenvalue weighted by Gasteiger charge is 2.30. The molecule has 0 bridgehead atoms. The highest BCUT2D eigenvalue weighted by atomic mass is 35.5. The Morgan fingerprint density at radius 2 is 1.84 bits per heavy atom. The Bertz CT molecular complexity index is 1340. The summed E-state index contributed by atoms with van der Waals surface area (Å²) in [6, 6.07) is 17.0. The molecule has 0 spiro atoms. The number of nitrogens with zero attached hydrogens (tertiary/aromatic N) is 1. The van der Waals surface area contributed by atoms with E-state index in [4.69, 9.17) is 33.7 Å². The molecule has 1 aliphatic heterocycles. The minimum Gasteiger partial charge on any atom is -0.493 e. The van der Waals surface area contributed by atoms with Crippen molar-refractivity contribution in [3.63, 3.8) is 0 Å². The normalized spacial score (nSPS) is 14.9. The number of benzene rings is 3. The smallest absolute Gasteiger partial charge is 0.262 e. The first-order valence-corrected chi connectivity index (χ1v) is 12.8. The summed E-state index contributed by atoms with van der Waals surface area (Å²) in [5, 5.41) is 3.68. The van der Waals surface area contributed by atoms with Gasteiger partial charge in [0.1, 0.15) is 5.75 Å². The fourth-order valence-electron chi connectivity index (χ4n) is 4.58. The van der Waals surface area contributed by atoms with Crippen molar-refractivity contribution < 1.29 is 19.1 Å². The molecule has 3 amide bonds. The average molecular weight is 540 g/mol. The monoisotopic (exact) mass is 539 g/mol. The molecule has 0 aromatic heterocycles. The summed E-state index contributed by atoms with van der Waals surface area (Å²) in [7, 11) is 0. The SMILES string of the molecule is CCOc1cc(NC(=O)c2ccccc2Cl)ccc1C(=O)N1CCCC(CC(N)=O)c2cc(Cl)ccc21. The van der Waals surface area contributed by atoms with Gasteiger partial charge < -0.3 is 20.7 Å². The molecule has 1 unspecified atom stereocenters. The largest absolute Gasteiger partial charge is 0.493 e. The number of anilines is 2. The second-order valence-electron chi connectivity index (χ2n) is 8.75. The summed E-state index contributed by atoms with van der Waals surface area (Å²) in [6.07, 6.45) is 1.57. The standard InChI is InChI=1S/C28H27Cl2N3O4/c1-2-37-25-16-19(32-27(35)20-7-3-4-8-23(20)30)10-11-21(25)28(36)33-13-5-6-17(14-26(31)34)22-15-18(29)9-12-24(22)33/h3-4,7-12,15-17H,2,5-6,13-14H2,1H3,(H2,31,34)(H,32,35). The van der Waals surface area contributed by atoms with Crippen LogP contribution in [0.2, 0.25) is 10.0 Å². The van der Waals surface area contributed by atoms with Crippen molar-refractivity contribution in [1.82, 2.24) is 0 Å². The van der Waals surface area contributed by atoms with Crippen LogP contribution in [0.25, 0.3) is 0 Å². The topological polar surface area (TPSA) is 102 Å². The molecule has 7 nitrogen and oxygen atoms in total. The van der Waals surface area contributed by atoms with Gasteiger partial charge in [0, 0.05) is 35.4 Å². The molecule has 1 aliphatic rings. The van der Waals surface area contributed by atoms with Gasteiger partial charge in [0.05, 0.1) is 22.8 Å². The maximum atomic E-state index is 13.8. The molecule has 9 heteroatoms. The van der Waals surface area contributed by atoms with E-state index in [1.54, 1.807) is 65.6 Å². The Hall–Kier alpha value is -3.55. The van der Waals surface area contributed by atoms with Gasteiger partial charge in [-0.3, -0.25) is 14.4 Å². The molecule has 0 radical (unpaired) electrons. The third-order valence-electron chi connectivity index (χ3n) is 6.24. The molecule has 1 heterocycles. The van der Waals surface area contributed by atoms with E-state index in [0.717, 1.165) is 5.56 Å². The van der Waals surface area contributed by atoms with Gasteiger partial charge >= 0.3 is 0 Å². The number of amides is 3. The van der Waals surface area contributed by atoms with E-state index in [9.17, 15) is 14.4 Å². The molecule has 1 atom stereocenters. The van der Waals surface area contributed by atoms with E-state index < -0.39 is 5.91 Å². The summed E-state index contributed by atoms with van der Waals surface area (Å²) in [6.45, 7) is 2.61. The first-order chi connectivity index (χ1) is 17.8. The first kappa shape index (κ1) is 26.5. The zero-order valence-electron chi connectivity index (χ0n) is 20.3. The van der Waals surface area contributed by atoms with E-state index in [1.807, 2.05) is 6.92 Å². The van der Waals surface area contributed by atoms with Crippen molar-refractivity contribution in [3.8, 4) is 5.75 Å². The van der Waals surface area contributed by atoms with Crippen molar-refractivity contribution in [2.45, 2.75) is 32.1 Å². The summed E-state index contributed by atoms with van der Waals surface area (Å²) in [5.41, 5.74) is 8.17. The number of nitrogens with one attached hydrogen (secondary N) is 1. The molecule has 0 saturated heterocycles. The minimum atomic E-state index is -0.399. The van der Waals surface area contributed by atoms with E-state index in [1.165, 1.54) is 0 Å². The number of hydrogen-bond donors (Lipinski definition) is 2. The quantitative estimate of drug-likeness (QED) is 0.381. The number of carbonyl (C=O) groups excluding carboxylic acids is 3. The van der Waals surface area contributed by atoms with Gasteiger partial charge in [-0.2, -0.15) is 0 Å². The minimum absolute atomic E-state index is 0.127. The van der Waals surface area contributed by atoms with Gasteiger partial charge in [-0.1, -0.05) is 35.3 Å².